The average Bonchev–Trinajstić information content (AvgIpc) is 2.40. The molecule has 0 bridgehead atoms. The first-order valence-electron chi connectivity index (χ1n) is 6.49. The Hall–Kier alpha value is -0.940. The number of aryl methyl sites for hydroxylation is 3. The van der Waals surface area contributed by atoms with Crippen molar-refractivity contribution in [2.75, 3.05) is 11.9 Å². The van der Waals surface area contributed by atoms with Gasteiger partial charge in [0.2, 0.25) is 0 Å². The Morgan fingerprint density at radius 2 is 1.60 bits per heavy atom. The third-order valence-corrected chi connectivity index (χ3v) is 5.26. The highest BCUT2D eigenvalue weighted by Gasteiger charge is 2.12. The number of halogens is 2. The maximum atomic E-state index is 4.62. The topological polar surface area (TPSA) is 37.8 Å². The molecule has 0 radical (unpaired) electrons. The first-order chi connectivity index (χ1) is 9.43. The van der Waals surface area contributed by atoms with Gasteiger partial charge in [0.1, 0.15) is 5.82 Å². The van der Waals surface area contributed by atoms with Gasteiger partial charge in [-0.2, -0.15) is 0 Å². The summed E-state index contributed by atoms with van der Waals surface area (Å²) in [4.78, 5) is 9.21. The van der Waals surface area contributed by atoms with Crippen LogP contribution in [0.3, 0.4) is 0 Å². The van der Waals surface area contributed by atoms with Gasteiger partial charge in [0, 0.05) is 16.6 Å². The molecule has 20 heavy (non-hydrogen) atoms. The summed E-state index contributed by atoms with van der Waals surface area (Å²) in [6.07, 6.45) is 0. The van der Waals surface area contributed by atoms with Crippen LogP contribution in [0.2, 0.25) is 0 Å². The molecule has 0 saturated carbocycles. The minimum absolute atomic E-state index is 0.750. The minimum atomic E-state index is 0.750. The van der Waals surface area contributed by atoms with Crippen LogP contribution in [0.4, 0.5) is 5.82 Å². The van der Waals surface area contributed by atoms with Crippen LogP contribution >= 0.6 is 31.9 Å². The standard InChI is InChI=1S/C15H17Br2N3/c1-5-18-15-13(17)10(4)19-14(20-15)11-6-8(2)12(16)9(3)7-11/h6-7H,5H2,1-4H3,(H,18,19,20). The largest absolute Gasteiger partial charge is 0.369 e. The van der Waals surface area contributed by atoms with Crippen LogP contribution in [0.25, 0.3) is 11.4 Å². The number of hydrogen-bond donors (Lipinski definition) is 1. The molecule has 0 atom stereocenters. The molecule has 0 aliphatic heterocycles. The summed E-state index contributed by atoms with van der Waals surface area (Å²) < 4.78 is 2.07. The molecule has 0 fully saturated rings. The number of anilines is 1. The first-order valence-corrected chi connectivity index (χ1v) is 8.07. The smallest absolute Gasteiger partial charge is 0.161 e. The van der Waals surface area contributed by atoms with Crippen molar-refractivity contribution < 1.29 is 0 Å². The summed E-state index contributed by atoms with van der Waals surface area (Å²) in [5, 5.41) is 3.26. The third kappa shape index (κ3) is 3.04. The summed E-state index contributed by atoms with van der Waals surface area (Å²) in [6.45, 7) is 9.02. The van der Waals surface area contributed by atoms with Gasteiger partial charge in [-0.1, -0.05) is 15.9 Å². The first kappa shape index (κ1) is 15.4. The molecule has 1 aromatic carbocycles. The molecule has 1 heterocycles. The van der Waals surface area contributed by atoms with Crippen LogP contribution in [0.15, 0.2) is 21.1 Å². The van der Waals surface area contributed by atoms with Crippen molar-refractivity contribution in [3.8, 4) is 11.4 Å². The molecule has 1 N–H and O–H groups in total. The zero-order chi connectivity index (χ0) is 14.9. The Kier molecular flexibility index (Phi) is 4.81. The van der Waals surface area contributed by atoms with E-state index in [1.54, 1.807) is 0 Å². The van der Waals surface area contributed by atoms with Crippen molar-refractivity contribution in [2.45, 2.75) is 27.7 Å². The van der Waals surface area contributed by atoms with E-state index in [0.29, 0.717) is 0 Å². The lowest BCUT2D eigenvalue weighted by Gasteiger charge is -2.12. The molecule has 0 aliphatic carbocycles. The van der Waals surface area contributed by atoms with Gasteiger partial charge in [0.15, 0.2) is 5.82 Å². The van der Waals surface area contributed by atoms with Gasteiger partial charge in [-0.3, -0.25) is 0 Å². The van der Waals surface area contributed by atoms with Gasteiger partial charge in [0.05, 0.1) is 10.2 Å². The van der Waals surface area contributed by atoms with Crippen LogP contribution in [0, 0.1) is 20.8 Å². The predicted molar refractivity (Wildman–Crippen MR) is 91.2 cm³/mol. The zero-order valence-corrected chi connectivity index (χ0v) is 15.2. The Morgan fingerprint density at radius 3 is 2.15 bits per heavy atom. The Bertz CT molecular complexity index is 631. The minimum Gasteiger partial charge on any atom is -0.369 e. The van der Waals surface area contributed by atoms with Crippen molar-refractivity contribution in [3.63, 3.8) is 0 Å². The SMILES string of the molecule is CCNc1nc(-c2cc(C)c(Br)c(C)c2)nc(C)c1Br. The summed E-state index contributed by atoms with van der Waals surface area (Å²) in [5.41, 5.74) is 4.35. The summed E-state index contributed by atoms with van der Waals surface area (Å²) in [5.74, 6) is 1.59. The Morgan fingerprint density at radius 1 is 1.00 bits per heavy atom. The molecular weight excluding hydrogens is 382 g/mol. The van der Waals surface area contributed by atoms with E-state index in [4.69, 9.17) is 0 Å². The lowest BCUT2D eigenvalue weighted by atomic mass is 10.1. The second kappa shape index (κ2) is 6.22. The number of benzene rings is 1. The quantitative estimate of drug-likeness (QED) is 0.788. The summed E-state index contributed by atoms with van der Waals surface area (Å²) >= 11 is 7.12. The van der Waals surface area contributed by atoms with E-state index in [1.807, 2.05) is 6.92 Å². The number of aromatic nitrogens is 2. The van der Waals surface area contributed by atoms with Crippen molar-refractivity contribution >= 4 is 37.7 Å². The monoisotopic (exact) mass is 397 g/mol. The zero-order valence-electron chi connectivity index (χ0n) is 12.0. The summed E-state index contributed by atoms with van der Waals surface area (Å²) in [6, 6.07) is 4.21. The molecule has 5 heteroatoms. The molecule has 0 spiro atoms. The van der Waals surface area contributed by atoms with E-state index < -0.39 is 0 Å². The average molecular weight is 399 g/mol. The fourth-order valence-corrected chi connectivity index (χ4v) is 2.59. The molecule has 2 rings (SSSR count). The van der Waals surface area contributed by atoms with Crippen LogP contribution < -0.4 is 5.32 Å². The van der Waals surface area contributed by atoms with Gasteiger partial charge < -0.3 is 5.32 Å². The van der Waals surface area contributed by atoms with Crippen molar-refractivity contribution in [2.24, 2.45) is 0 Å². The molecule has 1 aromatic heterocycles. The highest BCUT2D eigenvalue weighted by atomic mass is 79.9. The maximum absolute atomic E-state index is 4.62. The molecule has 2 aromatic rings. The molecule has 0 aliphatic rings. The lowest BCUT2D eigenvalue weighted by Crippen LogP contribution is -2.04. The number of rotatable bonds is 3. The van der Waals surface area contributed by atoms with E-state index in [2.05, 4.69) is 80.0 Å². The van der Waals surface area contributed by atoms with Crippen LogP contribution in [-0.4, -0.2) is 16.5 Å². The van der Waals surface area contributed by atoms with Gasteiger partial charge in [-0.05, 0) is 66.9 Å². The second-order valence-electron chi connectivity index (χ2n) is 4.75. The van der Waals surface area contributed by atoms with Crippen LogP contribution in [-0.2, 0) is 0 Å². The van der Waals surface area contributed by atoms with Crippen molar-refractivity contribution in [1.82, 2.24) is 9.97 Å². The highest BCUT2D eigenvalue weighted by molar-refractivity contribution is 9.11. The van der Waals surface area contributed by atoms with Gasteiger partial charge in [-0.25, -0.2) is 9.97 Å². The third-order valence-electron chi connectivity index (χ3n) is 3.06. The Labute approximate surface area is 136 Å². The summed E-state index contributed by atoms with van der Waals surface area (Å²) in [7, 11) is 0. The van der Waals surface area contributed by atoms with Gasteiger partial charge >= 0.3 is 0 Å². The van der Waals surface area contributed by atoms with Gasteiger partial charge in [0.25, 0.3) is 0 Å². The van der Waals surface area contributed by atoms with Crippen molar-refractivity contribution in [1.29, 1.82) is 0 Å². The maximum Gasteiger partial charge on any atom is 0.161 e. The molecule has 0 saturated heterocycles. The van der Waals surface area contributed by atoms with E-state index in [1.165, 1.54) is 11.1 Å². The molecule has 0 unspecified atom stereocenters. The molecule has 3 nitrogen and oxygen atoms in total. The van der Waals surface area contributed by atoms with Crippen molar-refractivity contribution in [3.05, 3.63) is 37.9 Å². The molecule has 106 valence electrons. The highest BCUT2D eigenvalue weighted by Crippen LogP contribution is 2.30. The van der Waals surface area contributed by atoms with E-state index in [-0.39, 0.29) is 0 Å². The number of nitrogens with one attached hydrogen (secondary N) is 1. The normalized spacial score (nSPS) is 10.7. The van der Waals surface area contributed by atoms with E-state index >= 15 is 0 Å². The lowest BCUT2D eigenvalue weighted by molar-refractivity contribution is 1.06. The molecular formula is C15H17Br2N3. The van der Waals surface area contributed by atoms with Gasteiger partial charge in [-0.15, -0.1) is 0 Å². The fraction of sp³-hybridized carbons (Fsp3) is 0.333. The Balaban J connectivity index is 2.58. The van der Waals surface area contributed by atoms with Crippen LogP contribution in [0.1, 0.15) is 23.7 Å². The molecule has 0 amide bonds. The second-order valence-corrected chi connectivity index (χ2v) is 6.34. The van der Waals surface area contributed by atoms with E-state index in [9.17, 15) is 0 Å². The van der Waals surface area contributed by atoms with E-state index in [0.717, 1.165) is 38.4 Å². The number of nitrogens with zero attached hydrogens (tertiary/aromatic N) is 2. The fourth-order valence-electron chi connectivity index (χ4n) is 2.05. The van der Waals surface area contributed by atoms with Crippen LogP contribution in [0.5, 0.6) is 0 Å². The number of hydrogen-bond acceptors (Lipinski definition) is 3. The predicted octanol–water partition coefficient (Wildman–Crippen LogP) is 5.03.